The van der Waals surface area contributed by atoms with Crippen molar-refractivity contribution in [3.8, 4) is 22.8 Å². The molecular weight excluding hydrogens is 348 g/mol. The molecule has 0 aliphatic rings. The molecule has 0 aliphatic carbocycles. The first-order valence-corrected chi connectivity index (χ1v) is 9.12. The number of aromatic nitrogens is 1. The second-order valence-electron chi connectivity index (χ2n) is 5.68. The summed E-state index contributed by atoms with van der Waals surface area (Å²) in [6.07, 6.45) is 0.269. The number of nitrogens with zero attached hydrogens (tertiary/aromatic N) is 1. The van der Waals surface area contributed by atoms with Gasteiger partial charge in [-0.25, -0.2) is 4.98 Å². The van der Waals surface area contributed by atoms with Crippen LogP contribution in [0.1, 0.15) is 12.0 Å². The Hall–Kier alpha value is -2.86. The number of rotatable bonds is 7. The van der Waals surface area contributed by atoms with Crippen LogP contribution in [-0.2, 0) is 4.79 Å². The van der Waals surface area contributed by atoms with Crippen LogP contribution >= 0.6 is 11.3 Å². The summed E-state index contributed by atoms with van der Waals surface area (Å²) in [4.78, 5) is 16.5. The van der Waals surface area contributed by atoms with Crippen molar-refractivity contribution in [1.29, 1.82) is 0 Å². The minimum atomic E-state index is -0.118. The molecular formula is C20H20N2O3S. The molecule has 0 atom stereocenters. The van der Waals surface area contributed by atoms with Crippen LogP contribution in [0.15, 0.2) is 53.9 Å². The lowest BCUT2D eigenvalue weighted by molar-refractivity contribution is -0.116. The Balaban J connectivity index is 1.54. The van der Waals surface area contributed by atoms with Crippen molar-refractivity contribution in [3.05, 3.63) is 59.5 Å². The number of benzene rings is 2. The topological polar surface area (TPSA) is 60.5 Å². The van der Waals surface area contributed by atoms with Crippen LogP contribution < -0.4 is 14.8 Å². The SMILES string of the molecule is COc1ccc(-c2csc(NC(=O)CCOc3ccccc3)n2)cc1C. The van der Waals surface area contributed by atoms with Gasteiger partial charge in [0.25, 0.3) is 0 Å². The first kappa shape index (κ1) is 17.9. The second-order valence-corrected chi connectivity index (χ2v) is 6.54. The molecule has 0 aliphatic heterocycles. The standard InChI is InChI=1S/C20H20N2O3S/c1-14-12-15(8-9-18(14)24-2)17-13-26-20(21-17)22-19(23)10-11-25-16-6-4-3-5-7-16/h3-9,12-13H,10-11H2,1-2H3,(H,21,22,23). The summed E-state index contributed by atoms with van der Waals surface area (Å²) in [7, 11) is 1.65. The number of thiazole rings is 1. The van der Waals surface area contributed by atoms with Crippen molar-refractivity contribution >= 4 is 22.4 Å². The van der Waals surface area contributed by atoms with Gasteiger partial charge in [-0.05, 0) is 42.8 Å². The van der Waals surface area contributed by atoms with Gasteiger partial charge in [0.1, 0.15) is 11.5 Å². The van der Waals surface area contributed by atoms with Crippen molar-refractivity contribution in [2.24, 2.45) is 0 Å². The van der Waals surface area contributed by atoms with Crippen molar-refractivity contribution in [2.75, 3.05) is 19.0 Å². The minimum absolute atomic E-state index is 0.118. The van der Waals surface area contributed by atoms with Gasteiger partial charge in [-0.3, -0.25) is 4.79 Å². The van der Waals surface area contributed by atoms with E-state index in [2.05, 4.69) is 10.3 Å². The van der Waals surface area contributed by atoms with Gasteiger partial charge in [0, 0.05) is 10.9 Å². The number of methoxy groups -OCH3 is 1. The summed E-state index contributed by atoms with van der Waals surface area (Å²) in [6, 6.07) is 15.3. The van der Waals surface area contributed by atoms with E-state index in [0.717, 1.165) is 28.3 Å². The molecule has 0 saturated heterocycles. The number of para-hydroxylation sites is 1. The van der Waals surface area contributed by atoms with Crippen LogP contribution in [0.25, 0.3) is 11.3 Å². The number of carbonyl (C=O) groups excluding carboxylic acids is 1. The highest BCUT2D eigenvalue weighted by Gasteiger charge is 2.09. The number of carbonyl (C=O) groups is 1. The fourth-order valence-corrected chi connectivity index (χ4v) is 3.20. The number of ether oxygens (including phenoxy) is 2. The van der Waals surface area contributed by atoms with E-state index >= 15 is 0 Å². The lowest BCUT2D eigenvalue weighted by Crippen LogP contribution is -2.15. The number of amides is 1. The maximum atomic E-state index is 12.0. The number of hydrogen-bond acceptors (Lipinski definition) is 5. The first-order valence-electron chi connectivity index (χ1n) is 8.24. The van der Waals surface area contributed by atoms with Crippen molar-refractivity contribution in [3.63, 3.8) is 0 Å². The maximum Gasteiger partial charge on any atom is 0.229 e. The Morgan fingerprint density at radius 2 is 2.00 bits per heavy atom. The van der Waals surface area contributed by atoms with Crippen LogP contribution in [0.2, 0.25) is 0 Å². The van der Waals surface area contributed by atoms with Crippen LogP contribution in [0.3, 0.4) is 0 Å². The zero-order valence-corrected chi connectivity index (χ0v) is 15.5. The molecule has 5 nitrogen and oxygen atoms in total. The first-order chi connectivity index (χ1) is 12.7. The van der Waals surface area contributed by atoms with E-state index in [1.165, 1.54) is 11.3 Å². The maximum absolute atomic E-state index is 12.0. The largest absolute Gasteiger partial charge is 0.496 e. The van der Waals surface area contributed by atoms with Crippen LogP contribution in [0.5, 0.6) is 11.5 Å². The highest BCUT2D eigenvalue weighted by atomic mass is 32.1. The molecule has 3 rings (SSSR count). The van der Waals surface area contributed by atoms with Crippen LogP contribution in [-0.4, -0.2) is 24.6 Å². The second kappa shape index (κ2) is 8.49. The average molecular weight is 368 g/mol. The molecule has 1 amide bonds. The molecule has 0 fully saturated rings. The van der Waals surface area contributed by atoms with Crippen LogP contribution in [0, 0.1) is 6.92 Å². The van der Waals surface area contributed by atoms with Crippen molar-refractivity contribution in [1.82, 2.24) is 4.98 Å². The third-order valence-electron chi connectivity index (χ3n) is 3.78. The van der Waals surface area contributed by atoms with Gasteiger partial charge in [0.05, 0.1) is 25.8 Å². The Morgan fingerprint density at radius 3 is 2.73 bits per heavy atom. The van der Waals surface area contributed by atoms with Gasteiger partial charge in [-0.2, -0.15) is 0 Å². The van der Waals surface area contributed by atoms with Gasteiger partial charge in [-0.15, -0.1) is 11.3 Å². The molecule has 1 N–H and O–H groups in total. The minimum Gasteiger partial charge on any atom is -0.496 e. The van der Waals surface area contributed by atoms with Crippen LogP contribution in [0.4, 0.5) is 5.13 Å². The van der Waals surface area contributed by atoms with Gasteiger partial charge in [0.15, 0.2) is 5.13 Å². The molecule has 1 heterocycles. The quantitative estimate of drug-likeness (QED) is 0.665. The Bertz CT molecular complexity index is 878. The van der Waals surface area contributed by atoms with Gasteiger partial charge in [0.2, 0.25) is 5.91 Å². The molecule has 26 heavy (non-hydrogen) atoms. The monoisotopic (exact) mass is 368 g/mol. The molecule has 0 bridgehead atoms. The van der Waals surface area contributed by atoms with E-state index in [0.29, 0.717) is 11.7 Å². The lowest BCUT2D eigenvalue weighted by atomic mass is 10.1. The summed E-state index contributed by atoms with van der Waals surface area (Å²) in [5.41, 5.74) is 2.87. The number of anilines is 1. The van der Waals surface area contributed by atoms with Gasteiger partial charge in [-0.1, -0.05) is 18.2 Å². The van der Waals surface area contributed by atoms with E-state index in [4.69, 9.17) is 9.47 Å². The molecule has 0 radical (unpaired) electrons. The third kappa shape index (κ3) is 4.61. The lowest BCUT2D eigenvalue weighted by Gasteiger charge is -2.06. The summed E-state index contributed by atoms with van der Waals surface area (Å²) in [5, 5.41) is 5.33. The molecule has 6 heteroatoms. The molecule has 0 spiro atoms. The molecule has 2 aromatic carbocycles. The molecule has 134 valence electrons. The Kier molecular flexibility index (Phi) is 5.86. The number of hydrogen-bond donors (Lipinski definition) is 1. The fourth-order valence-electron chi connectivity index (χ4n) is 2.46. The summed E-state index contributed by atoms with van der Waals surface area (Å²) >= 11 is 1.40. The normalized spacial score (nSPS) is 10.4. The molecule has 3 aromatic rings. The van der Waals surface area contributed by atoms with Gasteiger partial charge < -0.3 is 14.8 Å². The van der Waals surface area contributed by atoms with E-state index < -0.39 is 0 Å². The Morgan fingerprint density at radius 1 is 1.19 bits per heavy atom. The molecule has 0 unspecified atom stereocenters. The third-order valence-corrected chi connectivity index (χ3v) is 4.54. The smallest absolute Gasteiger partial charge is 0.229 e. The number of nitrogens with one attached hydrogen (secondary N) is 1. The summed E-state index contributed by atoms with van der Waals surface area (Å²) in [5.74, 6) is 1.48. The van der Waals surface area contributed by atoms with E-state index in [1.54, 1.807) is 7.11 Å². The van der Waals surface area contributed by atoms with E-state index in [9.17, 15) is 4.79 Å². The molecule has 0 saturated carbocycles. The zero-order valence-electron chi connectivity index (χ0n) is 14.7. The average Bonchev–Trinajstić information content (AvgIpc) is 3.11. The highest BCUT2D eigenvalue weighted by Crippen LogP contribution is 2.28. The fraction of sp³-hybridized carbons (Fsp3) is 0.200. The summed E-state index contributed by atoms with van der Waals surface area (Å²) in [6.45, 7) is 2.32. The molecule has 1 aromatic heterocycles. The van der Waals surface area contributed by atoms with E-state index in [-0.39, 0.29) is 12.3 Å². The summed E-state index contributed by atoms with van der Waals surface area (Å²) < 4.78 is 10.8. The highest BCUT2D eigenvalue weighted by molar-refractivity contribution is 7.14. The van der Waals surface area contributed by atoms with E-state index in [1.807, 2.05) is 60.8 Å². The predicted octanol–water partition coefficient (Wildman–Crippen LogP) is 4.53. The number of aryl methyl sites for hydroxylation is 1. The zero-order chi connectivity index (χ0) is 18.4. The van der Waals surface area contributed by atoms with Crippen molar-refractivity contribution in [2.45, 2.75) is 13.3 Å². The van der Waals surface area contributed by atoms with Gasteiger partial charge >= 0.3 is 0 Å². The predicted molar refractivity (Wildman–Crippen MR) is 104 cm³/mol. The van der Waals surface area contributed by atoms with Crippen molar-refractivity contribution < 1.29 is 14.3 Å². The Labute approximate surface area is 156 Å².